The van der Waals surface area contributed by atoms with Crippen LogP contribution in [0, 0.1) is 5.82 Å². The molecular weight excluding hydrogens is 319 g/mol. The topological polar surface area (TPSA) is 24.9 Å². The fraction of sp³-hybridized carbons (Fsp3) is 0.312. The molecule has 0 aliphatic heterocycles. The summed E-state index contributed by atoms with van der Waals surface area (Å²) in [6.45, 7) is 2.84. The molecule has 0 spiro atoms. The first-order chi connectivity index (χ1) is 9.72. The second kappa shape index (κ2) is 7.50. The number of hydrogen-bond acceptors (Lipinski definition) is 2. The van der Waals surface area contributed by atoms with Gasteiger partial charge >= 0.3 is 0 Å². The summed E-state index contributed by atoms with van der Waals surface area (Å²) in [5, 5.41) is 3.35. The summed E-state index contributed by atoms with van der Waals surface area (Å²) in [7, 11) is 0. The van der Waals surface area contributed by atoms with Gasteiger partial charge in [-0.2, -0.15) is 0 Å². The van der Waals surface area contributed by atoms with Crippen molar-refractivity contribution in [1.29, 1.82) is 0 Å². The van der Waals surface area contributed by atoms with Gasteiger partial charge in [-0.25, -0.2) is 4.39 Å². The van der Waals surface area contributed by atoms with Gasteiger partial charge in [0.15, 0.2) is 0 Å². The van der Waals surface area contributed by atoms with Crippen molar-refractivity contribution in [2.24, 2.45) is 0 Å². The van der Waals surface area contributed by atoms with Crippen LogP contribution in [0.15, 0.2) is 47.1 Å². The Bertz CT molecular complexity index is 545. The molecule has 4 heteroatoms. The summed E-state index contributed by atoms with van der Waals surface area (Å²) in [6, 6.07) is 11.3. The zero-order valence-corrected chi connectivity index (χ0v) is 13.0. The molecule has 0 bridgehead atoms. The van der Waals surface area contributed by atoms with E-state index in [9.17, 15) is 4.39 Å². The van der Waals surface area contributed by atoms with Crippen molar-refractivity contribution < 1.29 is 4.39 Å². The van der Waals surface area contributed by atoms with Crippen molar-refractivity contribution in [1.82, 2.24) is 10.3 Å². The first-order valence-electron chi connectivity index (χ1n) is 6.79. The lowest BCUT2D eigenvalue weighted by Crippen LogP contribution is -2.22. The predicted octanol–water partition coefficient (Wildman–Crippen LogP) is 4.27. The van der Waals surface area contributed by atoms with Crippen molar-refractivity contribution in [3.8, 4) is 0 Å². The number of rotatable bonds is 6. The summed E-state index contributed by atoms with van der Waals surface area (Å²) in [5.41, 5.74) is 1.74. The van der Waals surface area contributed by atoms with E-state index in [0.29, 0.717) is 10.0 Å². The lowest BCUT2D eigenvalue weighted by Gasteiger charge is -2.19. The van der Waals surface area contributed by atoms with Gasteiger partial charge < -0.3 is 5.32 Å². The van der Waals surface area contributed by atoms with Crippen LogP contribution in [0.3, 0.4) is 0 Å². The van der Waals surface area contributed by atoms with E-state index in [0.717, 1.165) is 25.1 Å². The van der Waals surface area contributed by atoms with E-state index in [1.54, 1.807) is 12.3 Å². The number of benzene rings is 1. The van der Waals surface area contributed by atoms with Crippen LogP contribution >= 0.6 is 15.9 Å². The molecule has 0 saturated heterocycles. The maximum atomic E-state index is 14.2. The van der Waals surface area contributed by atoms with Crippen LogP contribution in [0.5, 0.6) is 0 Å². The van der Waals surface area contributed by atoms with E-state index in [2.05, 4.69) is 26.2 Å². The summed E-state index contributed by atoms with van der Waals surface area (Å²) in [5.74, 6) is -0.181. The largest absolute Gasteiger partial charge is 0.310 e. The highest BCUT2D eigenvalue weighted by Crippen LogP contribution is 2.26. The maximum absolute atomic E-state index is 14.2. The highest BCUT2D eigenvalue weighted by molar-refractivity contribution is 9.10. The third kappa shape index (κ3) is 3.87. The van der Waals surface area contributed by atoms with E-state index in [1.165, 1.54) is 0 Å². The molecule has 2 aromatic rings. The Hall–Kier alpha value is -1.26. The molecular formula is C16H18BrFN2. The minimum absolute atomic E-state index is 0.000457. The summed E-state index contributed by atoms with van der Waals surface area (Å²) in [6.07, 6.45) is 3.43. The normalized spacial score (nSPS) is 12.3. The molecule has 106 valence electrons. The molecule has 0 aliphatic rings. The molecule has 2 rings (SSSR count). The first-order valence-corrected chi connectivity index (χ1v) is 7.59. The van der Waals surface area contributed by atoms with E-state index >= 15 is 0 Å². The molecule has 0 amide bonds. The van der Waals surface area contributed by atoms with Gasteiger partial charge in [-0.1, -0.05) is 25.1 Å². The Labute approximate surface area is 127 Å². The highest BCUT2D eigenvalue weighted by atomic mass is 79.9. The maximum Gasteiger partial charge on any atom is 0.142 e. The fourth-order valence-corrected chi connectivity index (χ4v) is 2.62. The van der Waals surface area contributed by atoms with Crippen molar-refractivity contribution >= 4 is 15.9 Å². The molecule has 1 unspecified atom stereocenters. The van der Waals surface area contributed by atoms with Crippen molar-refractivity contribution in [2.75, 3.05) is 6.54 Å². The van der Waals surface area contributed by atoms with Crippen LogP contribution in [0.1, 0.15) is 30.6 Å². The van der Waals surface area contributed by atoms with Gasteiger partial charge in [0.25, 0.3) is 0 Å². The lowest BCUT2D eigenvalue weighted by molar-refractivity contribution is 0.482. The Balaban J connectivity index is 2.12. The molecule has 20 heavy (non-hydrogen) atoms. The van der Waals surface area contributed by atoms with Crippen LogP contribution in [-0.2, 0) is 6.42 Å². The van der Waals surface area contributed by atoms with Crippen LogP contribution in [-0.4, -0.2) is 11.5 Å². The highest BCUT2D eigenvalue weighted by Gasteiger charge is 2.16. The minimum Gasteiger partial charge on any atom is -0.310 e. The van der Waals surface area contributed by atoms with Gasteiger partial charge in [0, 0.05) is 23.5 Å². The van der Waals surface area contributed by atoms with Crippen LogP contribution < -0.4 is 5.32 Å². The third-order valence-corrected chi connectivity index (χ3v) is 3.84. The smallest absolute Gasteiger partial charge is 0.142 e. The monoisotopic (exact) mass is 336 g/mol. The summed E-state index contributed by atoms with van der Waals surface area (Å²) in [4.78, 5) is 4.31. The molecule has 1 aromatic heterocycles. The predicted molar refractivity (Wildman–Crippen MR) is 83.1 cm³/mol. The molecule has 1 N–H and O–H groups in total. The first kappa shape index (κ1) is 15.1. The van der Waals surface area contributed by atoms with Gasteiger partial charge in [0.05, 0.1) is 4.47 Å². The Kier molecular flexibility index (Phi) is 5.68. The number of aryl methyl sites for hydroxylation is 1. The summed E-state index contributed by atoms with van der Waals surface area (Å²) < 4.78 is 14.7. The number of nitrogens with zero attached hydrogens (tertiary/aromatic N) is 1. The van der Waals surface area contributed by atoms with Crippen LogP contribution in [0.25, 0.3) is 0 Å². The number of hydrogen-bond donors (Lipinski definition) is 1. The van der Waals surface area contributed by atoms with Crippen molar-refractivity contribution in [3.63, 3.8) is 0 Å². The second-order valence-corrected chi connectivity index (χ2v) is 5.47. The van der Waals surface area contributed by atoms with Gasteiger partial charge in [0.1, 0.15) is 5.82 Å². The standard InChI is InChI=1S/C16H18BrFN2/c1-2-19-15(10-9-12-6-3-4-11-20-12)13-7-5-8-14(17)16(13)18/h3-8,11,15,19H,2,9-10H2,1H3. The number of pyridine rings is 1. The van der Waals surface area contributed by atoms with Gasteiger partial charge in [-0.3, -0.25) is 4.98 Å². The molecule has 0 saturated carbocycles. The van der Waals surface area contributed by atoms with Crippen LogP contribution in [0.2, 0.25) is 0 Å². The Morgan fingerprint density at radius 2 is 2.10 bits per heavy atom. The second-order valence-electron chi connectivity index (χ2n) is 4.61. The molecule has 2 nitrogen and oxygen atoms in total. The van der Waals surface area contributed by atoms with E-state index in [1.807, 2.05) is 37.3 Å². The average Bonchev–Trinajstić information content (AvgIpc) is 2.48. The average molecular weight is 337 g/mol. The minimum atomic E-state index is -0.181. The lowest BCUT2D eigenvalue weighted by atomic mass is 10.00. The van der Waals surface area contributed by atoms with Gasteiger partial charge in [0.2, 0.25) is 0 Å². The van der Waals surface area contributed by atoms with E-state index < -0.39 is 0 Å². The van der Waals surface area contributed by atoms with Crippen LogP contribution in [0.4, 0.5) is 4.39 Å². The molecule has 1 aromatic carbocycles. The van der Waals surface area contributed by atoms with Crippen molar-refractivity contribution in [3.05, 3.63) is 64.1 Å². The number of nitrogens with one attached hydrogen (secondary N) is 1. The zero-order chi connectivity index (χ0) is 14.4. The Morgan fingerprint density at radius 3 is 2.80 bits per heavy atom. The van der Waals surface area contributed by atoms with Gasteiger partial charge in [-0.15, -0.1) is 0 Å². The SMILES string of the molecule is CCNC(CCc1ccccn1)c1cccc(Br)c1F. The van der Waals surface area contributed by atoms with Gasteiger partial charge in [-0.05, 0) is 53.5 Å². The van der Waals surface area contributed by atoms with E-state index in [-0.39, 0.29) is 11.9 Å². The number of aromatic nitrogens is 1. The molecule has 1 atom stereocenters. The zero-order valence-electron chi connectivity index (χ0n) is 11.4. The molecule has 0 fully saturated rings. The Morgan fingerprint density at radius 1 is 1.25 bits per heavy atom. The number of halogens is 2. The molecule has 1 heterocycles. The third-order valence-electron chi connectivity index (χ3n) is 3.22. The molecule has 0 radical (unpaired) electrons. The van der Waals surface area contributed by atoms with Crippen molar-refractivity contribution in [2.45, 2.75) is 25.8 Å². The summed E-state index contributed by atoms with van der Waals surface area (Å²) >= 11 is 3.25. The fourth-order valence-electron chi connectivity index (χ4n) is 2.24. The quantitative estimate of drug-likeness (QED) is 0.852. The van der Waals surface area contributed by atoms with E-state index in [4.69, 9.17) is 0 Å². The molecule has 0 aliphatic carbocycles.